The van der Waals surface area contributed by atoms with Gasteiger partial charge in [-0.3, -0.25) is 0 Å². The van der Waals surface area contributed by atoms with Crippen molar-refractivity contribution in [2.75, 3.05) is 13.6 Å². The molecule has 0 saturated heterocycles. The standard InChI is InChI=1S/C25H25ClN2O2.H2S/c1-27-16-24(29)25(18-7-3-2-4-8-18)28-14-13-19-15-21(11-12-23(19)28)30-17-20-9-5-6-10-22(20)26;/h2-15,24-25,27,29H,16-17H2,1H3;1H2/t24-,25+;/m1./s1. The first-order chi connectivity index (χ1) is 14.7. The average Bonchev–Trinajstić information content (AvgIpc) is 3.17. The smallest absolute Gasteiger partial charge is 0.120 e. The Balaban J connectivity index is 0.00000272. The summed E-state index contributed by atoms with van der Waals surface area (Å²) in [6.45, 7) is 0.914. The lowest BCUT2D eigenvalue weighted by Gasteiger charge is -2.26. The van der Waals surface area contributed by atoms with Crippen molar-refractivity contribution in [2.24, 2.45) is 0 Å². The van der Waals surface area contributed by atoms with E-state index >= 15 is 0 Å². The van der Waals surface area contributed by atoms with Gasteiger partial charge in [-0.25, -0.2) is 0 Å². The Morgan fingerprint density at radius 2 is 1.74 bits per heavy atom. The zero-order valence-corrected chi connectivity index (χ0v) is 19.1. The van der Waals surface area contributed by atoms with Crippen LogP contribution in [0.2, 0.25) is 5.02 Å². The Bertz CT molecular complexity index is 1120. The lowest BCUT2D eigenvalue weighted by molar-refractivity contribution is 0.132. The van der Waals surface area contributed by atoms with Gasteiger partial charge in [0.2, 0.25) is 0 Å². The summed E-state index contributed by atoms with van der Waals surface area (Å²) in [6.07, 6.45) is 1.46. The van der Waals surface area contributed by atoms with Crippen molar-refractivity contribution >= 4 is 36.0 Å². The van der Waals surface area contributed by atoms with E-state index in [2.05, 4.69) is 28.1 Å². The number of benzene rings is 3. The molecular weight excluding hydrogens is 428 g/mol. The highest BCUT2D eigenvalue weighted by Gasteiger charge is 2.23. The number of aliphatic hydroxyl groups is 1. The van der Waals surface area contributed by atoms with Crippen molar-refractivity contribution in [2.45, 2.75) is 18.8 Å². The van der Waals surface area contributed by atoms with Crippen LogP contribution in [0.1, 0.15) is 17.2 Å². The molecule has 1 aromatic heterocycles. The Morgan fingerprint density at radius 1 is 1.00 bits per heavy atom. The fourth-order valence-corrected chi connectivity index (χ4v) is 3.98. The van der Waals surface area contributed by atoms with E-state index in [1.165, 1.54) is 0 Å². The Morgan fingerprint density at radius 3 is 2.48 bits per heavy atom. The number of aliphatic hydroxyl groups excluding tert-OH is 1. The fraction of sp³-hybridized carbons (Fsp3) is 0.200. The van der Waals surface area contributed by atoms with E-state index in [-0.39, 0.29) is 19.5 Å². The number of halogens is 1. The van der Waals surface area contributed by atoms with Gasteiger partial charge in [0.25, 0.3) is 0 Å². The first kappa shape index (κ1) is 23.2. The molecule has 0 amide bonds. The molecule has 4 nitrogen and oxygen atoms in total. The van der Waals surface area contributed by atoms with E-state index in [4.69, 9.17) is 16.3 Å². The highest BCUT2D eigenvalue weighted by Crippen LogP contribution is 2.30. The van der Waals surface area contributed by atoms with Crippen LogP contribution in [0.4, 0.5) is 0 Å². The zero-order chi connectivity index (χ0) is 20.9. The lowest BCUT2D eigenvalue weighted by atomic mass is 10.0. The highest BCUT2D eigenvalue weighted by molar-refractivity contribution is 7.59. The maximum atomic E-state index is 10.9. The quantitative estimate of drug-likeness (QED) is 0.386. The molecular formula is C25H27ClN2O2S. The van der Waals surface area contributed by atoms with Gasteiger partial charge in [-0.05, 0) is 42.9 Å². The number of aromatic nitrogens is 1. The number of rotatable bonds is 8. The van der Waals surface area contributed by atoms with Gasteiger partial charge in [0.15, 0.2) is 0 Å². The molecule has 1 heterocycles. The van der Waals surface area contributed by atoms with E-state index in [9.17, 15) is 5.11 Å². The van der Waals surface area contributed by atoms with E-state index in [1.807, 2.05) is 73.9 Å². The van der Waals surface area contributed by atoms with E-state index in [0.717, 1.165) is 27.8 Å². The van der Waals surface area contributed by atoms with Crippen LogP contribution in [0.3, 0.4) is 0 Å². The second-order valence-electron chi connectivity index (χ2n) is 7.30. The largest absolute Gasteiger partial charge is 0.489 e. The van der Waals surface area contributed by atoms with Crippen LogP contribution in [0.25, 0.3) is 10.9 Å². The number of fused-ring (bicyclic) bond motifs is 1. The average molecular weight is 455 g/mol. The first-order valence-corrected chi connectivity index (χ1v) is 10.4. The molecule has 162 valence electrons. The van der Waals surface area contributed by atoms with E-state index < -0.39 is 6.10 Å². The number of likely N-dealkylation sites (N-methyl/N-ethyl adjacent to an activating group) is 1. The normalized spacial score (nSPS) is 12.9. The lowest BCUT2D eigenvalue weighted by Crippen LogP contribution is -2.33. The predicted octanol–water partition coefficient (Wildman–Crippen LogP) is 5.16. The molecule has 0 unspecified atom stereocenters. The van der Waals surface area contributed by atoms with Crippen LogP contribution in [0.5, 0.6) is 5.75 Å². The molecule has 4 aromatic rings. The molecule has 2 atom stereocenters. The number of ether oxygens (including phenoxy) is 1. The molecule has 0 bridgehead atoms. The summed E-state index contributed by atoms with van der Waals surface area (Å²) in [5.41, 5.74) is 3.07. The van der Waals surface area contributed by atoms with Crippen LogP contribution < -0.4 is 10.1 Å². The van der Waals surface area contributed by atoms with Crippen LogP contribution in [-0.4, -0.2) is 29.4 Å². The third-order valence-electron chi connectivity index (χ3n) is 5.26. The summed E-state index contributed by atoms with van der Waals surface area (Å²) in [5.74, 6) is 0.784. The van der Waals surface area contributed by atoms with Crippen molar-refractivity contribution in [1.29, 1.82) is 0 Å². The van der Waals surface area contributed by atoms with Crippen LogP contribution in [0, 0.1) is 0 Å². The molecule has 0 radical (unpaired) electrons. The Hall–Kier alpha value is -2.44. The summed E-state index contributed by atoms with van der Waals surface area (Å²) in [6, 6.07) is 25.7. The molecule has 31 heavy (non-hydrogen) atoms. The molecule has 0 saturated carbocycles. The van der Waals surface area contributed by atoms with Crippen molar-refractivity contribution in [3.05, 3.63) is 101 Å². The Kier molecular flexibility index (Phi) is 8.04. The number of nitrogens with zero attached hydrogens (tertiary/aromatic N) is 1. The zero-order valence-electron chi connectivity index (χ0n) is 17.3. The van der Waals surface area contributed by atoms with Crippen LogP contribution in [-0.2, 0) is 6.61 Å². The van der Waals surface area contributed by atoms with Crippen molar-refractivity contribution in [3.8, 4) is 5.75 Å². The summed E-state index contributed by atoms with van der Waals surface area (Å²) in [7, 11) is 1.85. The number of hydrogen-bond donors (Lipinski definition) is 2. The Labute approximate surface area is 194 Å². The fourth-order valence-electron chi connectivity index (χ4n) is 3.79. The third kappa shape index (κ3) is 5.25. The number of nitrogens with one attached hydrogen (secondary N) is 1. The first-order valence-electron chi connectivity index (χ1n) is 10.0. The molecule has 2 N–H and O–H groups in total. The van der Waals surface area contributed by atoms with Crippen LogP contribution >= 0.6 is 25.1 Å². The molecule has 4 rings (SSSR count). The summed E-state index contributed by atoms with van der Waals surface area (Å²) in [5, 5.41) is 15.7. The maximum absolute atomic E-state index is 10.9. The summed E-state index contributed by atoms with van der Waals surface area (Å²) >= 11 is 6.23. The number of hydrogen-bond acceptors (Lipinski definition) is 3. The molecule has 0 aliphatic rings. The van der Waals surface area contributed by atoms with Gasteiger partial charge in [0, 0.05) is 34.2 Å². The van der Waals surface area contributed by atoms with E-state index in [0.29, 0.717) is 18.2 Å². The van der Waals surface area contributed by atoms with E-state index in [1.54, 1.807) is 0 Å². The van der Waals surface area contributed by atoms with Gasteiger partial charge in [-0.1, -0.05) is 60.1 Å². The summed E-state index contributed by atoms with van der Waals surface area (Å²) < 4.78 is 8.10. The molecule has 0 fully saturated rings. The SMILES string of the molecule is CNC[C@@H](O)[C@H](c1ccccc1)n1ccc2cc(OCc3ccccc3Cl)ccc21.S. The van der Waals surface area contributed by atoms with Crippen molar-refractivity contribution in [1.82, 2.24) is 9.88 Å². The third-order valence-corrected chi connectivity index (χ3v) is 5.63. The van der Waals surface area contributed by atoms with Gasteiger partial charge >= 0.3 is 0 Å². The van der Waals surface area contributed by atoms with Crippen LogP contribution in [0.15, 0.2) is 85.1 Å². The molecule has 3 aromatic carbocycles. The molecule has 0 aliphatic heterocycles. The predicted molar refractivity (Wildman–Crippen MR) is 133 cm³/mol. The van der Waals surface area contributed by atoms with Gasteiger partial charge in [0.1, 0.15) is 12.4 Å². The molecule has 0 aliphatic carbocycles. The summed E-state index contributed by atoms with van der Waals surface area (Å²) in [4.78, 5) is 0. The maximum Gasteiger partial charge on any atom is 0.120 e. The molecule has 6 heteroatoms. The van der Waals surface area contributed by atoms with Gasteiger partial charge in [-0.2, -0.15) is 13.5 Å². The topological polar surface area (TPSA) is 46.4 Å². The van der Waals surface area contributed by atoms with Gasteiger partial charge in [0.05, 0.1) is 12.1 Å². The minimum atomic E-state index is -0.566. The minimum absolute atomic E-state index is 0. The van der Waals surface area contributed by atoms with Crippen molar-refractivity contribution in [3.63, 3.8) is 0 Å². The molecule has 0 spiro atoms. The van der Waals surface area contributed by atoms with Crippen molar-refractivity contribution < 1.29 is 9.84 Å². The second kappa shape index (κ2) is 10.7. The second-order valence-corrected chi connectivity index (χ2v) is 7.71. The minimum Gasteiger partial charge on any atom is -0.489 e. The highest BCUT2D eigenvalue weighted by atomic mass is 35.5. The van der Waals surface area contributed by atoms with Gasteiger partial charge < -0.3 is 19.7 Å². The monoisotopic (exact) mass is 454 g/mol. The van der Waals surface area contributed by atoms with Gasteiger partial charge in [-0.15, -0.1) is 0 Å².